The average molecular weight is 1690 g/mol. The van der Waals surface area contributed by atoms with E-state index in [2.05, 4.69) is 26.9 Å². The number of carbonyl (C=O) groups is 6. The van der Waals surface area contributed by atoms with E-state index in [9.17, 15) is 110 Å². The van der Waals surface area contributed by atoms with Crippen LogP contribution in [0.1, 0.15) is 172 Å². The number of rotatable bonds is 21. The zero-order valence-electron chi connectivity index (χ0n) is 66.4. The minimum Gasteiger partial charge on any atom is -0.493 e. The molecular formula is C82H98ClF15O18. The van der Waals surface area contributed by atoms with Crippen molar-refractivity contribution in [2.24, 2.45) is 0 Å². The van der Waals surface area contributed by atoms with Crippen molar-refractivity contribution in [2.75, 3.05) is 59.5 Å². The Bertz CT molecular complexity index is 4200. The molecule has 10 rings (SSSR count). The highest BCUT2D eigenvalue weighted by Gasteiger charge is 2.64. The fourth-order valence-electron chi connectivity index (χ4n) is 12.9. The van der Waals surface area contributed by atoms with E-state index in [-0.39, 0.29) is 25.4 Å². The van der Waals surface area contributed by atoms with Gasteiger partial charge in [0.1, 0.15) is 28.7 Å². The van der Waals surface area contributed by atoms with Gasteiger partial charge in [0, 0.05) is 103 Å². The predicted octanol–water partition coefficient (Wildman–Crippen LogP) is 16.8. The van der Waals surface area contributed by atoms with Crippen LogP contribution in [0.3, 0.4) is 0 Å². The van der Waals surface area contributed by atoms with Gasteiger partial charge in [0.15, 0.2) is 5.60 Å². The van der Waals surface area contributed by atoms with Gasteiger partial charge in [-0.2, -0.15) is 65.9 Å². The van der Waals surface area contributed by atoms with E-state index < -0.39 is 143 Å². The number of ether oxygens (including phenoxy) is 8. The van der Waals surface area contributed by atoms with Crippen molar-refractivity contribution in [3.05, 3.63) is 158 Å². The lowest BCUT2D eigenvalue weighted by atomic mass is 9.74. The molecule has 3 unspecified atom stereocenters. The Kier molecular flexibility index (Phi) is 34.5. The summed E-state index contributed by atoms with van der Waals surface area (Å²) >= 11 is 6.00. The van der Waals surface area contributed by atoms with Gasteiger partial charge in [-0.25, -0.2) is 14.4 Å². The van der Waals surface area contributed by atoms with Gasteiger partial charge in [0.05, 0.1) is 59.5 Å². The molecule has 18 nitrogen and oxygen atoms in total. The molecule has 5 aliphatic heterocycles. The number of hydrogen-bond donors (Lipinski definition) is 4. The molecule has 34 heteroatoms. The average Bonchev–Trinajstić information content (AvgIpc) is 1.26. The molecule has 5 aromatic carbocycles. The lowest BCUT2D eigenvalue weighted by molar-refractivity contribution is -0.277. The van der Waals surface area contributed by atoms with E-state index in [1.807, 2.05) is 36.4 Å². The summed E-state index contributed by atoms with van der Waals surface area (Å²) in [4.78, 5) is 65.5. The molecule has 5 heterocycles. The second kappa shape index (κ2) is 40.2. The minimum absolute atomic E-state index is 0.0443. The smallest absolute Gasteiger partial charge is 0.450 e. The first kappa shape index (κ1) is 99.7. The Morgan fingerprint density at radius 1 is 0.422 bits per heavy atom. The monoisotopic (exact) mass is 1690 g/mol. The van der Waals surface area contributed by atoms with Gasteiger partial charge in [-0.05, 0) is 91.0 Å². The number of para-hydroxylation sites is 4. The molecule has 116 heavy (non-hydrogen) atoms. The summed E-state index contributed by atoms with van der Waals surface area (Å²) < 4.78 is 231. The summed E-state index contributed by atoms with van der Waals surface area (Å²) in [5.41, 5.74) is -6.75. The second-order valence-electron chi connectivity index (χ2n) is 30.3. The van der Waals surface area contributed by atoms with Crippen LogP contribution in [-0.4, -0.2) is 163 Å². The number of alkyl halides is 15. The third-order valence-electron chi connectivity index (χ3n) is 18.8. The maximum absolute atomic E-state index is 13.4. The highest BCUT2D eigenvalue weighted by molar-refractivity contribution is 6.32. The first-order valence-corrected chi connectivity index (χ1v) is 36.9. The molecular weight excluding hydrogens is 1590 g/mol. The summed E-state index contributed by atoms with van der Waals surface area (Å²) in [7, 11) is 0. The standard InChI is InChI=1S/C17H21F3O4.C15H19F3O3.C14H14ClF3O2.C14H15F3O2.C9H13F3O3.C8H8O.C5H8O3/c1-4-23-14(21)16(22,17(18,19)20)10-15(2,3)12-7-5-6-11-8-9-24-13(11)12;1-13(2,8-14(20,9-19)15(16,17)18)11-5-3-4-10-6-7-21-12(10)11;1-13(2,7-11(19)14(16,17)18)10-6-9(15)5-8-3-4-20-12(8)10;1-13(2,8-11(18)14(15,16)17)10-5-3-4-9-6-7-19-12(9)10;1-4-15-7(13)8(14,5-6(2)3)9(10,11)12;1-2-4-8-7(3-1)5-6-9-8;1-3-8-5(7)4(2)6/h5-7,22H,4,8-10H2,1-3H3;3-5,19-20H,6-9H2,1-2H3;5-6H,3-4,7H2,1-2H3;3-5H,6-8H2,1-2H3;14H,2,4-5H2,1,3H3;1-4H,5-6H2;3H2,1-2H3. The molecule has 0 radical (unpaired) electrons. The van der Waals surface area contributed by atoms with Crippen molar-refractivity contribution in [3.8, 4) is 28.7 Å². The SMILES string of the molecule is C=C(C)CC(O)(C(=O)OCC)C(F)(F)F.CC(C)(CC(=O)C(F)(F)F)c1cc(Cl)cc2c1OCC2.CC(C)(CC(=O)C(F)(F)F)c1cccc2c1OCC2.CC(C)(CC(O)(CO)C(F)(F)F)c1cccc2c1OCC2.CCOC(=O)C(C)=O.CCOC(=O)C(O)(CC(C)(C)c1cccc2c1OCC2)C(F)(F)F.c1ccc2c(c1)CCO2. The Balaban J connectivity index is 0.000000292. The maximum Gasteiger partial charge on any atom is 0.450 e. The van der Waals surface area contributed by atoms with Crippen LogP contribution in [0.15, 0.2) is 103 Å². The van der Waals surface area contributed by atoms with Crippen LogP contribution in [0.4, 0.5) is 65.9 Å². The number of hydrogen-bond acceptors (Lipinski definition) is 18. The quantitative estimate of drug-likeness (QED) is 0.0175. The zero-order chi connectivity index (χ0) is 88.4. The van der Waals surface area contributed by atoms with Crippen LogP contribution >= 0.6 is 11.6 Å². The van der Waals surface area contributed by atoms with Crippen molar-refractivity contribution >= 4 is 46.9 Å². The molecule has 3 atom stereocenters. The van der Waals surface area contributed by atoms with Crippen LogP contribution in [0.5, 0.6) is 28.7 Å². The molecule has 0 spiro atoms. The summed E-state index contributed by atoms with van der Waals surface area (Å²) in [6.45, 7) is 24.1. The van der Waals surface area contributed by atoms with Gasteiger partial charge < -0.3 is 58.3 Å². The van der Waals surface area contributed by atoms with Gasteiger partial charge in [0.2, 0.25) is 17.3 Å². The highest BCUT2D eigenvalue weighted by Crippen LogP contribution is 2.49. The molecule has 5 aromatic rings. The van der Waals surface area contributed by atoms with Crippen molar-refractivity contribution in [1.29, 1.82) is 0 Å². The first-order valence-electron chi connectivity index (χ1n) is 36.5. The number of aliphatic hydroxyl groups is 4. The van der Waals surface area contributed by atoms with Crippen LogP contribution in [0.2, 0.25) is 5.02 Å². The van der Waals surface area contributed by atoms with E-state index in [1.54, 1.807) is 111 Å². The van der Waals surface area contributed by atoms with Crippen LogP contribution in [-0.2, 0) is 96.7 Å². The number of aliphatic hydroxyl groups excluding tert-OH is 1. The van der Waals surface area contributed by atoms with Gasteiger partial charge in [0.25, 0.3) is 11.2 Å². The van der Waals surface area contributed by atoms with Gasteiger partial charge in [-0.15, -0.1) is 6.58 Å². The summed E-state index contributed by atoms with van der Waals surface area (Å²) in [6, 6.07) is 27.5. The third kappa shape index (κ3) is 26.4. The molecule has 0 amide bonds. The number of esters is 3. The summed E-state index contributed by atoms with van der Waals surface area (Å²) in [5.74, 6) is -4.71. The number of halogens is 16. The van der Waals surface area contributed by atoms with Crippen molar-refractivity contribution < 1.29 is 153 Å². The Morgan fingerprint density at radius 3 is 1.12 bits per heavy atom. The third-order valence-corrected chi connectivity index (χ3v) is 19.0. The highest BCUT2D eigenvalue weighted by atomic mass is 35.5. The molecule has 646 valence electrons. The largest absolute Gasteiger partial charge is 0.493 e. The van der Waals surface area contributed by atoms with E-state index >= 15 is 0 Å². The van der Waals surface area contributed by atoms with Gasteiger partial charge in [-0.1, -0.05) is 145 Å². The van der Waals surface area contributed by atoms with E-state index in [4.69, 9.17) is 40.4 Å². The van der Waals surface area contributed by atoms with Crippen LogP contribution < -0.4 is 23.7 Å². The molecule has 0 saturated heterocycles. The van der Waals surface area contributed by atoms with Gasteiger partial charge >= 0.3 is 48.8 Å². The Hall–Kier alpha value is -8.66. The van der Waals surface area contributed by atoms with Crippen molar-refractivity contribution in [2.45, 2.75) is 224 Å². The number of Topliss-reactive ketones (excluding diaryl/α,β-unsaturated/α-hetero) is 3. The molecule has 0 saturated carbocycles. The number of fused-ring (bicyclic) bond motifs is 5. The molecule has 0 aliphatic carbocycles. The maximum atomic E-state index is 13.4. The fraction of sp³-hybridized carbons (Fsp3) is 0.537. The Morgan fingerprint density at radius 2 is 0.767 bits per heavy atom. The molecule has 0 fully saturated rings. The number of benzene rings is 5. The lowest BCUT2D eigenvalue weighted by Crippen LogP contribution is -2.55. The van der Waals surface area contributed by atoms with Gasteiger partial charge in [-0.3, -0.25) is 14.4 Å². The minimum atomic E-state index is -5.14. The van der Waals surface area contributed by atoms with Crippen LogP contribution in [0.25, 0.3) is 0 Å². The Labute approximate surface area is 667 Å². The van der Waals surface area contributed by atoms with E-state index in [0.717, 1.165) is 53.9 Å². The van der Waals surface area contributed by atoms with E-state index in [1.165, 1.54) is 33.3 Å². The fourth-order valence-corrected chi connectivity index (χ4v) is 13.1. The number of carbonyl (C=O) groups excluding carboxylic acids is 6. The normalized spacial score (nSPS) is 15.5. The summed E-state index contributed by atoms with van der Waals surface area (Å²) in [6.07, 6.45) is -24.4. The topological polar surface area (TPSA) is 257 Å². The van der Waals surface area contributed by atoms with Crippen molar-refractivity contribution in [3.63, 3.8) is 0 Å². The second-order valence-corrected chi connectivity index (χ2v) is 30.7. The first-order chi connectivity index (χ1) is 53.3. The number of ketones is 3. The molecule has 4 N–H and O–H groups in total. The summed E-state index contributed by atoms with van der Waals surface area (Å²) in [5, 5.41) is 38.7. The van der Waals surface area contributed by atoms with Crippen molar-refractivity contribution in [1.82, 2.24) is 0 Å². The lowest BCUT2D eigenvalue weighted by Gasteiger charge is -2.37. The predicted molar refractivity (Wildman–Crippen MR) is 396 cm³/mol. The molecule has 0 bridgehead atoms. The van der Waals surface area contributed by atoms with Crippen LogP contribution in [0, 0.1) is 0 Å². The van der Waals surface area contributed by atoms with E-state index in [0.29, 0.717) is 89.5 Å². The molecule has 5 aliphatic rings. The molecule has 0 aromatic heterocycles. The zero-order valence-corrected chi connectivity index (χ0v) is 67.1.